The monoisotopic (exact) mass is 191 g/mol. The molecular weight excluding hydrogens is 178 g/mol. The summed E-state index contributed by atoms with van der Waals surface area (Å²) < 4.78 is 5.16. The van der Waals surface area contributed by atoms with Crippen molar-refractivity contribution in [3.05, 3.63) is 41.3 Å². The molecule has 1 aromatic rings. The van der Waals surface area contributed by atoms with Gasteiger partial charge in [0.15, 0.2) is 12.1 Å². The van der Waals surface area contributed by atoms with E-state index in [-0.39, 0.29) is 0 Å². The molecule has 3 nitrogen and oxygen atoms in total. The standard InChI is InChI=1S/C11H13NO2/c1-12-10(14-2)7-8-5-3-4-6-9(8)11(12)13/h3-7,11,13H,1-2H3/t11-/m0/s1. The maximum Gasteiger partial charge on any atom is 0.191 e. The highest BCUT2D eigenvalue weighted by Crippen LogP contribution is 2.30. The minimum Gasteiger partial charge on any atom is -0.482 e. The molecule has 0 radical (unpaired) electrons. The van der Waals surface area contributed by atoms with Gasteiger partial charge in [-0.1, -0.05) is 24.3 Å². The SMILES string of the molecule is COC1=Cc2ccccc2[C@H](O)N1C. The van der Waals surface area contributed by atoms with E-state index in [2.05, 4.69) is 0 Å². The van der Waals surface area contributed by atoms with Crippen LogP contribution >= 0.6 is 0 Å². The number of aliphatic hydroxyl groups is 1. The summed E-state index contributed by atoms with van der Waals surface area (Å²) in [4.78, 5) is 1.70. The molecule has 0 fully saturated rings. The van der Waals surface area contributed by atoms with Crippen LogP contribution in [0.2, 0.25) is 0 Å². The van der Waals surface area contributed by atoms with Crippen molar-refractivity contribution in [2.75, 3.05) is 14.2 Å². The number of fused-ring (bicyclic) bond motifs is 1. The van der Waals surface area contributed by atoms with E-state index in [0.717, 1.165) is 11.1 Å². The fourth-order valence-electron chi connectivity index (χ4n) is 1.64. The molecule has 0 saturated heterocycles. The Labute approximate surface area is 83.2 Å². The lowest BCUT2D eigenvalue weighted by Crippen LogP contribution is -2.28. The van der Waals surface area contributed by atoms with Crippen LogP contribution in [-0.2, 0) is 4.74 Å². The molecule has 14 heavy (non-hydrogen) atoms. The fraction of sp³-hybridized carbons (Fsp3) is 0.273. The third-order valence-corrected chi connectivity index (χ3v) is 2.48. The van der Waals surface area contributed by atoms with Crippen LogP contribution in [0.1, 0.15) is 17.4 Å². The topological polar surface area (TPSA) is 32.7 Å². The van der Waals surface area contributed by atoms with E-state index < -0.39 is 6.23 Å². The van der Waals surface area contributed by atoms with Gasteiger partial charge in [0.1, 0.15) is 0 Å². The summed E-state index contributed by atoms with van der Waals surface area (Å²) in [5, 5.41) is 9.94. The van der Waals surface area contributed by atoms with E-state index in [1.807, 2.05) is 30.3 Å². The molecule has 2 rings (SSSR count). The van der Waals surface area contributed by atoms with Crippen molar-refractivity contribution >= 4 is 6.08 Å². The van der Waals surface area contributed by atoms with Crippen molar-refractivity contribution in [1.82, 2.24) is 4.90 Å². The van der Waals surface area contributed by atoms with Crippen LogP contribution in [-0.4, -0.2) is 24.2 Å². The maximum atomic E-state index is 9.94. The highest BCUT2D eigenvalue weighted by Gasteiger charge is 2.23. The number of ether oxygens (including phenoxy) is 1. The fourth-order valence-corrected chi connectivity index (χ4v) is 1.64. The normalized spacial score (nSPS) is 20.1. The van der Waals surface area contributed by atoms with Gasteiger partial charge >= 0.3 is 0 Å². The van der Waals surface area contributed by atoms with Crippen LogP contribution in [0.4, 0.5) is 0 Å². The van der Waals surface area contributed by atoms with Crippen molar-refractivity contribution in [3.8, 4) is 0 Å². The van der Waals surface area contributed by atoms with Crippen LogP contribution in [0.5, 0.6) is 0 Å². The van der Waals surface area contributed by atoms with Crippen molar-refractivity contribution in [3.63, 3.8) is 0 Å². The number of nitrogens with zero attached hydrogens (tertiary/aromatic N) is 1. The van der Waals surface area contributed by atoms with Gasteiger partial charge < -0.3 is 14.7 Å². The third kappa shape index (κ3) is 1.26. The summed E-state index contributed by atoms with van der Waals surface area (Å²) in [6, 6.07) is 7.74. The van der Waals surface area contributed by atoms with E-state index in [1.165, 1.54) is 0 Å². The number of methoxy groups -OCH3 is 1. The Balaban J connectivity index is 2.51. The second-order valence-corrected chi connectivity index (χ2v) is 3.30. The van der Waals surface area contributed by atoms with Crippen LogP contribution in [0.15, 0.2) is 30.1 Å². The number of hydrogen-bond donors (Lipinski definition) is 1. The Morgan fingerprint density at radius 1 is 1.36 bits per heavy atom. The summed E-state index contributed by atoms with van der Waals surface area (Å²) in [5.74, 6) is 0.677. The minimum atomic E-state index is -0.619. The van der Waals surface area contributed by atoms with Gasteiger partial charge in [-0.05, 0) is 5.56 Å². The Morgan fingerprint density at radius 3 is 2.79 bits per heavy atom. The van der Waals surface area contributed by atoms with E-state index >= 15 is 0 Å². The molecular formula is C11H13NO2. The first-order valence-electron chi connectivity index (χ1n) is 4.49. The van der Waals surface area contributed by atoms with E-state index in [1.54, 1.807) is 19.1 Å². The van der Waals surface area contributed by atoms with Crippen LogP contribution in [0.3, 0.4) is 0 Å². The zero-order valence-corrected chi connectivity index (χ0v) is 8.27. The predicted octanol–water partition coefficient (Wildman–Crippen LogP) is 1.57. The maximum absolute atomic E-state index is 9.94. The summed E-state index contributed by atoms with van der Waals surface area (Å²) in [6.07, 6.45) is 1.30. The van der Waals surface area contributed by atoms with Gasteiger partial charge in [0.25, 0.3) is 0 Å². The quantitative estimate of drug-likeness (QED) is 0.731. The molecule has 1 aliphatic heterocycles. The van der Waals surface area contributed by atoms with Crippen LogP contribution in [0.25, 0.3) is 6.08 Å². The van der Waals surface area contributed by atoms with Crippen molar-refractivity contribution in [2.24, 2.45) is 0 Å². The second-order valence-electron chi connectivity index (χ2n) is 3.30. The molecule has 3 heteroatoms. The van der Waals surface area contributed by atoms with Gasteiger partial charge in [0, 0.05) is 18.7 Å². The van der Waals surface area contributed by atoms with Gasteiger partial charge in [0.05, 0.1) is 7.11 Å². The first kappa shape index (κ1) is 9.09. The molecule has 0 spiro atoms. The first-order valence-corrected chi connectivity index (χ1v) is 4.49. The smallest absolute Gasteiger partial charge is 0.191 e. The first-order chi connectivity index (χ1) is 6.74. The molecule has 0 unspecified atom stereocenters. The van der Waals surface area contributed by atoms with Crippen molar-refractivity contribution in [2.45, 2.75) is 6.23 Å². The van der Waals surface area contributed by atoms with Gasteiger partial charge in [0.2, 0.25) is 0 Å². The molecule has 1 atom stereocenters. The van der Waals surface area contributed by atoms with Gasteiger partial charge in [-0.2, -0.15) is 0 Å². The molecule has 1 aromatic carbocycles. The lowest BCUT2D eigenvalue weighted by atomic mass is 10.0. The number of aliphatic hydroxyl groups excluding tert-OH is 1. The summed E-state index contributed by atoms with van der Waals surface area (Å²) in [7, 11) is 3.40. The zero-order valence-electron chi connectivity index (χ0n) is 8.27. The zero-order chi connectivity index (χ0) is 10.1. The molecule has 0 saturated carbocycles. The Morgan fingerprint density at radius 2 is 2.07 bits per heavy atom. The highest BCUT2D eigenvalue weighted by atomic mass is 16.5. The molecule has 1 heterocycles. The lowest BCUT2D eigenvalue weighted by Gasteiger charge is -2.31. The molecule has 1 N–H and O–H groups in total. The van der Waals surface area contributed by atoms with Gasteiger partial charge in [-0.3, -0.25) is 0 Å². The Hall–Kier alpha value is -1.48. The lowest BCUT2D eigenvalue weighted by molar-refractivity contribution is 0.00191. The molecule has 0 amide bonds. The number of benzene rings is 1. The molecule has 0 aromatic heterocycles. The second kappa shape index (κ2) is 3.35. The van der Waals surface area contributed by atoms with Crippen molar-refractivity contribution < 1.29 is 9.84 Å². The summed E-state index contributed by atoms with van der Waals surface area (Å²) >= 11 is 0. The Kier molecular flexibility index (Phi) is 2.17. The Bertz CT molecular complexity index is 373. The molecule has 0 aliphatic carbocycles. The van der Waals surface area contributed by atoms with Crippen LogP contribution in [0, 0.1) is 0 Å². The van der Waals surface area contributed by atoms with Gasteiger partial charge in [-0.15, -0.1) is 0 Å². The average Bonchev–Trinajstić information content (AvgIpc) is 2.23. The molecule has 0 bridgehead atoms. The molecule has 1 aliphatic rings. The van der Waals surface area contributed by atoms with Gasteiger partial charge in [-0.25, -0.2) is 0 Å². The van der Waals surface area contributed by atoms with Crippen molar-refractivity contribution in [1.29, 1.82) is 0 Å². The van der Waals surface area contributed by atoms with E-state index in [0.29, 0.717) is 5.88 Å². The minimum absolute atomic E-state index is 0.619. The number of rotatable bonds is 1. The highest BCUT2D eigenvalue weighted by molar-refractivity contribution is 5.58. The average molecular weight is 191 g/mol. The molecule has 74 valence electrons. The van der Waals surface area contributed by atoms with E-state index in [9.17, 15) is 5.11 Å². The third-order valence-electron chi connectivity index (χ3n) is 2.48. The summed E-state index contributed by atoms with van der Waals surface area (Å²) in [6.45, 7) is 0. The van der Waals surface area contributed by atoms with Crippen LogP contribution < -0.4 is 0 Å². The summed E-state index contributed by atoms with van der Waals surface area (Å²) in [5.41, 5.74) is 1.92. The number of hydrogen-bond acceptors (Lipinski definition) is 3. The predicted molar refractivity (Wildman–Crippen MR) is 54.2 cm³/mol. The largest absolute Gasteiger partial charge is 0.482 e. The van der Waals surface area contributed by atoms with E-state index in [4.69, 9.17) is 4.74 Å².